The second-order valence-corrected chi connectivity index (χ2v) is 7.31. The van der Waals surface area contributed by atoms with Crippen LogP contribution in [0, 0.1) is 0 Å². The third-order valence-corrected chi connectivity index (χ3v) is 6.45. The summed E-state index contributed by atoms with van der Waals surface area (Å²) < 4.78 is 11.2. The number of halogens is 2. The second kappa shape index (κ2) is 6.78. The SMILES string of the molecule is COC(=O)C1=C(C(=O)OC)Sc2c(c(Cl)n(C(C)C)c2Cl)S1. The van der Waals surface area contributed by atoms with E-state index in [1.165, 1.54) is 14.2 Å². The van der Waals surface area contributed by atoms with Crippen LogP contribution in [0.2, 0.25) is 10.3 Å². The fraction of sp³-hybridized carbons (Fsp3) is 0.385. The minimum Gasteiger partial charge on any atom is -0.465 e. The summed E-state index contributed by atoms with van der Waals surface area (Å²) in [5.74, 6) is -1.24. The lowest BCUT2D eigenvalue weighted by atomic mass is 10.4. The number of nitrogens with zero attached hydrogens (tertiary/aromatic N) is 1. The highest BCUT2D eigenvalue weighted by Gasteiger charge is 2.35. The zero-order valence-electron chi connectivity index (χ0n) is 12.2. The molecule has 120 valence electrons. The van der Waals surface area contributed by atoms with E-state index in [2.05, 4.69) is 0 Å². The van der Waals surface area contributed by atoms with Crippen LogP contribution in [0.15, 0.2) is 19.6 Å². The van der Waals surface area contributed by atoms with Crippen LogP contribution in [0.5, 0.6) is 0 Å². The van der Waals surface area contributed by atoms with Gasteiger partial charge in [0.1, 0.15) is 20.1 Å². The molecule has 0 radical (unpaired) electrons. The molecule has 0 aromatic carbocycles. The van der Waals surface area contributed by atoms with Crippen LogP contribution < -0.4 is 0 Å². The maximum Gasteiger partial charge on any atom is 0.346 e. The van der Waals surface area contributed by atoms with Gasteiger partial charge in [0, 0.05) is 6.04 Å². The van der Waals surface area contributed by atoms with Crippen molar-refractivity contribution in [3.05, 3.63) is 20.1 Å². The summed E-state index contributed by atoms with van der Waals surface area (Å²) in [7, 11) is 2.50. The number of carbonyl (C=O) groups is 2. The van der Waals surface area contributed by atoms with E-state index in [0.717, 1.165) is 23.5 Å². The molecule has 0 atom stereocenters. The van der Waals surface area contributed by atoms with E-state index < -0.39 is 11.9 Å². The Balaban J connectivity index is 2.59. The molecule has 0 amide bonds. The van der Waals surface area contributed by atoms with E-state index in [-0.39, 0.29) is 15.9 Å². The van der Waals surface area contributed by atoms with Crippen molar-refractivity contribution in [1.29, 1.82) is 0 Å². The average molecular weight is 382 g/mol. The van der Waals surface area contributed by atoms with Crippen LogP contribution in [0.25, 0.3) is 0 Å². The van der Waals surface area contributed by atoms with Gasteiger partial charge in [-0.05, 0) is 13.8 Å². The largest absolute Gasteiger partial charge is 0.465 e. The molecule has 0 fully saturated rings. The van der Waals surface area contributed by atoms with Crippen LogP contribution in [0.4, 0.5) is 0 Å². The number of methoxy groups -OCH3 is 2. The maximum atomic E-state index is 11.9. The second-order valence-electron chi connectivity index (χ2n) is 4.55. The monoisotopic (exact) mass is 381 g/mol. The molecule has 0 bridgehead atoms. The number of aromatic nitrogens is 1. The lowest BCUT2D eigenvalue weighted by molar-refractivity contribution is -0.138. The number of esters is 2. The zero-order valence-corrected chi connectivity index (χ0v) is 15.4. The number of hydrogen-bond donors (Lipinski definition) is 0. The molecule has 22 heavy (non-hydrogen) atoms. The van der Waals surface area contributed by atoms with Crippen LogP contribution in [-0.4, -0.2) is 30.7 Å². The molecule has 1 aromatic heterocycles. The van der Waals surface area contributed by atoms with E-state index in [1.807, 2.05) is 13.8 Å². The Bertz CT molecular complexity index is 631. The number of fused-ring (bicyclic) bond motifs is 1. The lowest BCUT2D eigenvalue weighted by Gasteiger charge is -2.16. The predicted molar refractivity (Wildman–Crippen MR) is 87.6 cm³/mol. The van der Waals surface area contributed by atoms with Gasteiger partial charge in [0.15, 0.2) is 0 Å². The molecule has 0 saturated carbocycles. The number of ether oxygens (including phenoxy) is 2. The Hall–Kier alpha value is -0.760. The van der Waals surface area contributed by atoms with Gasteiger partial charge in [-0.1, -0.05) is 46.7 Å². The molecule has 0 spiro atoms. The highest BCUT2D eigenvalue weighted by Crippen LogP contribution is 2.54. The topological polar surface area (TPSA) is 57.5 Å². The fourth-order valence-corrected chi connectivity index (χ4v) is 5.35. The number of thioether (sulfide) groups is 2. The molecule has 1 aromatic rings. The predicted octanol–water partition coefficient (Wildman–Crippen LogP) is 4.13. The summed E-state index contributed by atoms with van der Waals surface area (Å²) in [5.41, 5.74) is 0. The van der Waals surface area contributed by atoms with Crippen molar-refractivity contribution in [3.8, 4) is 0 Å². The summed E-state index contributed by atoms with van der Waals surface area (Å²) in [6.45, 7) is 3.88. The molecule has 0 aliphatic carbocycles. The third-order valence-electron chi connectivity index (χ3n) is 2.88. The molecule has 1 aliphatic rings. The maximum absolute atomic E-state index is 11.9. The molecule has 0 unspecified atom stereocenters. The Morgan fingerprint density at radius 3 is 1.59 bits per heavy atom. The first-order chi connectivity index (χ1) is 10.3. The Morgan fingerprint density at radius 1 is 0.955 bits per heavy atom. The van der Waals surface area contributed by atoms with Crippen molar-refractivity contribution in [2.24, 2.45) is 0 Å². The standard InChI is InChI=1S/C13H13Cl2NO4S2/c1-5(2)16-10(14)6-7(11(16)15)22-9(13(18)20-4)8(21-6)12(17)19-3/h5H,1-4H3. The molecule has 5 nitrogen and oxygen atoms in total. The van der Waals surface area contributed by atoms with Gasteiger partial charge in [-0.15, -0.1) is 0 Å². The van der Waals surface area contributed by atoms with E-state index >= 15 is 0 Å². The van der Waals surface area contributed by atoms with E-state index in [0.29, 0.717) is 20.1 Å². The number of carbonyl (C=O) groups excluding carboxylic acids is 2. The van der Waals surface area contributed by atoms with Gasteiger partial charge in [0.2, 0.25) is 0 Å². The highest BCUT2D eigenvalue weighted by atomic mass is 35.5. The van der Waals surface area contributed by atoms with E-state index in [1.54, 1.807) is 4.57 Å². The minimum atomic E-state index is -0.618. The molecule has 2 heterocycles. The zero-order chi connectivity index (χ0) is 16.6. The molecular weight excluding hydrogens is 369 g/mol. The first-order valence-electron chi connectivity index (χ1n) is 6.19. The van der Waals surface area contributed by atoms with Crippen LogP contribution in [0.1, 0.15) is 19.9 Å². The Labute approximate surface area is 146 Å². The average Bonchev–Trinajstić information content (AvgIpc) is 2.75. The van der Waals surface area contributed by atoms with Gasteiger partial charge in [-0.2, -0.15) is 0 Å². The van der Waals surface area contributed by atoms with Crippen molar-refractivity contribution in [1.82, 2.24) is 4.57 Å². The van der Waals surface area contributed by atoms with Crippen molar-refractivity contribution in [2.75, 3.05) is 14.2 Å². The van der Waals surface area contributed by atoms with Gasteiger partial charge in [0.05, 0.1) is 24.0 Å². The van der Waals surface area contributed by atoms with Gasteiger partial charge in [-0.25, -0.2) is 9.59 Å². The van der Waals surface area contributed by atoms with Crippen molar-refractivity contribution >= 4 is 58.7 Å². The molecule has 2 rings (SSSR count). The lowest BCUT2D eigenvalue weighted by Crippen LogP contribution is -2.13. The summed E-state index contributed by atoms with van der Waals surface area (Å²) in [4.78, 5) is 25.4. The third kappa shape index (κ3) is 2.87. The summed E-state index contributed by atoms with van der Waals surface area (Å²) in [5, 5.41) is 0.857. The summed E-state index contributed by atoms with van der Waals surface area (Å²) in [6, 6.07) is 0.0370. The first-order valence-corrected chi connectivity index (χ1v) is 8.58. The van der Waals surface area contributed by atoms with Gasteiger partial charge >= 0.3 is 11.9 Å². The minimum absolute atomic E-state index is 0.0370. The first kappa shape index (κ1) is 17.6. The number of hydrogen-bond acceptors (Lipinski definition) is 6. The van der Waals surface area contributed by atoms with Crippen molar-refractivity contribution < 1.29 is 19.1 Å². The van der Waals surface area contributed by atoms with Gasteiger partial charge in [0.25, 0.3) is 0 Å². The Morgan fingerprint density at radius 2 is 1.32 bits per heavy atom. The molecule has 0 saturated heterocycles. The smallest absolute Gasteiger partial charge is 0.346 e. The van der Waals surface area contributed by atoms with Crippen LogP contribution in [0.3, 0.4) is 0 Å². The normalized spacial score (nSPS) is 14.1. The summed E-state index contributed by atoms with van der Waals surface area (Å²) in [6.07, 6.45) is 0. The van der Waals surface area contributed by atoms with Crippen molar-refractivity contribution in [3.63, 3.8) is 0 Å². The van der Waals surface area contributed by atoms with Gasteiger partial charge < -0.3 is 14.0 Å². The highest BCUT2D eigenvalue weighted by molar-refractivity contribution is 8.10. The molecule has 1 aliphatic heterocycles. The quantitative estimate of drug-likeness (QED) is 0.733. The fourth-order valence-electron chi connectivity index (χ4n) is 1.87. The van der Waals surface area contributed by atoms with E-state index in [9.17, 15) is 9.59 Å². The summed E-state index contributed by atoms with van der Waals surface area (Å²) >= 11 is 14.9. The molecule has 9 heteroatoms. The van der Waals surface area contributed by atoms with Crippen molar-refractivity contribution in [2.45, 2.75) is 29.7 Å². The van der Waals surface area contributed by atoms with Crippen LogP contribution >= 0.6 is 46.7 Å². The van der Waals surface area contributed by atoms with Crippen LogP contribution in [-0.2, 0) is 19.1 Å². The number of rotatable bonds is 3. The van der Waals surface area contributed by atoms with E-state index in [4.69, 9.17) is 32.7 Å². The molecule has 0 N–H and O–H groups in total. The van der Waals surface area contributed by atoms with Gasteiger partial charge in [-0.3, -0.25) is 0 Å². The Kier molecular flexibility index (Phi) is 5.42. The molecular formula is C13H13Cl2NO4S2.